The Morgan fingerprint density at radius 3 is 0.553 bits per heavy atom. The minimum absolute atomic E-state index is 1.36. The van der Waals surface area contributed by atoms with Crippen LogP contribution in [0, 0.1) is 0 Å². The molecule has 0 rings (SSSR count). The van der Waals surface area contributed by atoms with E-state index in [-0.39, 0.29) is 0 Å². The van der Waals surface area contributed by atoms with Gasteiger partial charge < -0.3 is 4.90 Å². The first-order valence-electron chi connectivity index (χ1n) is 18.6. The third-order valence-electron chi connectivity index (χ3n) is 8.73. The van der Waals surface area contributed by atoms with Crippen LogP contribution in [0.2, 0.25) is 0 Å². The highest BCUT2D eigenvalue weighted by Crippen LogP contribution is 2.15. The van der Waals surface area contributed by atoms with E-state index in [4.69, 9.17) is 0 Å². The van der Waals surface area contributed by atoms with Crippen LogP contribution in [-0.4, -0.2) is 24.5 Å². The Bertz CT molecular complexity index is 362. The molecule has 1 heteroatoms. The Morgan fingerprint density at radius 2 is 0.368 bits per heavy atom. The zero-order valence-corrected chi connectivity index (χ0v) is 27.5. The van der Waals surface area contributed by atoms with Crippen LogP contribution in [0.3, 0.4) is 0 Å². The van der Waals surface area contributed by atoms with Crippen molar-refractivity contribution in [3.63, 3.8) is 0 Å². The highest BCUT2D eigenvalue weighted by atomic mass is 15.1. The molecule has 0 saturated heterocycles. The van der Waals surface area contributed by atoms with Crippen molar-refractivity contribution in [2.75, 3.05) is 19.6 Å². The van der Waals surface area contributed by atoms with Crippen LogP contribution in [0.25, 0.3) is 0 Å². The molecular weight excluding hydrogens is 458 g/mol. The van der Waals surface area contributed by atoms with Crippen molar-refractivity contribution >= 4 is 0 Å². The summed E-state index contributed by atoms with van der Waals surface area (Å²) in [6.07, 6.45) is 45.1. The second-order valence-electron chi connectivity index (χ2n) is 12.7. The molecule has 0 aromatic heterocycles. The fourth-order valence-corrected chi connectivity index (χ4v) is 5.98. The lowest BCUT2D eigenvalue weighted by atomic mass is 10.0. The van der Waals surface area contributed by atoms with Crippen LogP contribution in [-0.2, 0) is 0 Å². The molecule has 0 N–H and O–H groups in total. The molecule has 0 aliphatic rings. The summed E-state index contributed by atoms with van der Waals surface area (Å²) in [7, 11) is 0. The molecule has 230 valence electrons. The Kier molecular flexibility index (Phi) is 35.0. The van der Waals surface area contributed by atoms with Gasteiger partial charge in [0.2, 0.25) is 0 Å². The number of unbranched alkanes of at least 4 members (excludes halogenated alkanes) is 28. The Hall–Kier alpha value is -0.0400. The van der Waals surface area contributed by atoms with E-state index in [2.05, 4.69) is 25.7 Å². The third-order valence-corrected chi connectivity index (χ3v) is 8.73. The average molecular weight is 536 g/mol. The van der Waals surface area contributed by atoms with Crippen LogP contribution < -0.4 is 0 Å². The smallest absolute Gasteiger partial charge is 0.00187 e. The monoisotopic (exact) mass is 536 g/mol. The molecule has 0 heterocycles. The predicted octanol–water partition coefficient (Wildman–Crippen LogP) is 13.4. The zero-order valence-electron chi connectivity index (χ0n) is 27.5. The van der Waals surface area contributed by atoms with Crippen molar-refractivity contribution in [1.29, 1.82) is 0 Å². The average Bonchev–Trinajstić information content (AvgIpc) is 2.93. The molecule has 0 aromatic carbocycles. The fourth-order valence-electron chi connectivity index (χ4n) is 5.98. The Morgan fingerprint density at radius 1 is 0.211 bits per heavy atom. The maximum absolute atomic E-state index is 2.84. The van der Waals surface area contributed by atoms with Gasteiger partial charge in [-0.2, -0.15) is 0 Å². The topological polar surface area (TPSA) is 3.24 Å². The van der Waals surface area contributed by atoms with Gasteiger partial charge in [0.15, 0.2) is 0 Å². The van der Waals surface area contributed by atoms with Gasteiger partial charge in [-0.15, -0.1) is 0 Å². The molecule has 0 aromatic rings. The lowest BCUT2D eigenvalue weighted by molar-refractivity contribution is 0.254. The molecule has 0 aliphatic carbocycles. The first-order valence-corrected chi connectivity index (χ1v) is 18.6. The van der Waals surface area contributed by atoms with Crippen molar-refractivity contribution in [2.24, 2.45) is 0 Å². The maximum atomic E-state index is 2.84. The normalized spacial score (nSPS) is 11.7. The molecule has 0 bridgehead atoms. The van der Waals surface area contributed by atoms with E-state index in [1.807, 2.05) is 0 Å². The van der Waals surface area contributed by atoms with Crippen LogP contribution >= 0.6 is 0 Å². The number of rotatable bonds is 34. The largest absolute Gasteiger partial charge is 0.303 e. The van der Waals surface area contributed by atoms with Crippen LogP contribution in [0.4, 0.5) is 0 Å². The predicted molar refractivity (Wildman–Crippen MR) is 177 cm³/mol. The standard InChI is InChI=1S/C37H77N/c1-4-7-10-13-15-17-19-21-23-25-27-30-33-36-38(35-32-29-12-9-6-3)37-34-31-28-26-24-22-20-18-16-14-11-8-5-2/h4-37H2,1-3H3. The first kappa shape index (κ1) is 38.0. The van der Waals surface area contributed by atoms with Crippen molar-refractivity contribution in [3.8, 4) is 0 Å². The molecule has 0 spiro atoms. The van der Waals surface area contributed by atoms with Crippen molar-refractivity contribution in [1.82, 2.24) is 4.90 Å². The van der Waals surface area contributed by atoms with Gasteiger partial charge in [-0.3, -0.25) is 0 Å². The summed E-state index contributed by atoms with van der Waals surface area (Å²) < 4.78 is 0. The van der Waals surface area contributed by atoms with Crippen LogP contribution in [0.1, 0.15) is 220 Å². The summed E-state index contributed by atoms with van der Waals surface area (Å²) in [4.78, 5) is 2.84. The van der Waals surface area contributed by atoms with Crippen molar-refractivity contribution in [3.05, 3.63) is 0 Å². The lowest BCUT2D eigenvalue weighted by Crippen LogP contribution is -2.27. The molecule has 0 fully saturated rings. The molecule has 0 radical (unpaired) electrons. The van der Waals surface area contributed by atoms with Crippen LogP contribution in [0.15, 0.2) is 0 Å². The molecule has 0 amide bonds. The maximum Gasteiger partial charge on any atom is -0.00187 e. The summed E-state index contributed by atoms with van der Waals surface area (Å²) >= 11 is 0. The number of hydrogen-bond acceptors (Lipinski definition) is 1. The second kappa shape index (κ2) is 35.0. The summed E-state index contributed by atoms with van der Waals surface area (Å²) in [5.74, 6) is 0. The van der Waals surface area contributed by atoms with Gasteiger partial charge in [-0.1, -0.05) is 201 Å². The van der Waals surface area contributed by atoms with Crippen molar-refractivity contribution < 1.29 is 0 Å². The number of nitrogens with zero attached hydrogens (tertiary/aromatic N) is 1. The molecule has 0 atom stereocenters. The first-order chi connectivity index (χ1) is 18.8. The van der Waals surface area contributed by atoms with E-state index in [0.29, 0.717) is 0 Å². The third kappa shape index (κ3) is 32.2. The summed E-state index contributed by atoms with van der Waals surface area (Å²) in [5.41, 5.74) is 0. The van der Waals surface area contributed by atoms with E-state index < -0.39 is 0 Å². The Balaban J connectivity index is 3.70. The van der Waals surface area contributed by atoms with E-state index in [1.165, 1.54) is 219 Å². The summed E-state index contributed by atoms with van der Waals surface area (Å²) in [6.45, 7) is 11.0. The SMILES string of the molecule is CCCCCCCCCCCCCCCN(CCCCCCC)CCCCCCCCCCCCCCC. The minimum atomic E-state index is 1.36. The molecule has 0 saturated carbocycles. The van der Waals surface area contributed by atoms with E-state index >= 15 is 0 Å². The molecule has 0 unspecified atom stereocenters. The van der Waals surface area contributed by atoms with Gasteiger partial charge >= 0.3 is 0 Å². The van der Waals surface area contributed by atoms with E-state index in [9.17, 15) is 0 Å². The molecule has 1 nitrogen and oxygen atoms in total. The summed E-state index contributed by atoms with van der Waals surface area (Å²) in [5, 5.41) is 0. The Labute approximate surface area is 244 Å². The molecular formula is C37H77N. The van der Waals surface area contributed by atoms with Gasteiger partial charge in [-0.05, 0) is 38.9 Å². The van der Waals surface area contributed by atoms with Crippen LogP contribution in [0.5, 0.6) is 0 Å². The number of hydrogen-bond donors (Lipinski definition) is 0. The van der Waals surface area contributed by atoms with Crippen molar-refractivity contribution in [2.45, 2.75) is 220 Å². The summed E-state index contributed by atoms with van der Waals surface area (Å²) in [6, 6.07) is 0. The molecule has 38 heavy (non-hydrogen) atoms. The van der Waals surface area contributed by atoms with Gasteiger partial charge in [0.25, 0.3) is 0 Å². The van der Waals surface area contributed by atoms with E-state index in [1.54, 1.807) is 0 Å². The fraction of sp³-hybridized carbons (Fsp3) is 1.00. The van der Waals surface area contributed by atoms with Gasteiger partial charge in [-0.25, -0.2) is 0 Å². The quantitative estimate of drug-likeness (QED) is 0.0740. The van der Waals surface area contributed by atoms with Gasteiger partial charge in [0.1, 0.15) is 0 Å². The second-order valence-corrected chi connectivity index (χ2v) is 12.7. The van der Waals surface area contributed by atoms with Gasteiger partial charge in [0.05, 0.1) is 0 Å². The highest BCUT2D eigenvalue weighted by Gasteiger charge is 2.05. The molecule has 0 aliphatic heterocycles. The minimum Gasteiger partial charge on any atom is -0.303 e. The van der Waals surface area contributed by atoms with Gasteiger partial charge in [0, 0.05) is 0 Å². The lowest BCUT2D eigenvalue weighted by Gasteiger charge is -2.22. The zero-order chi connectivity index (χ0) is 27.6. The highest BCUT2D eigenvalue weighted by molar-refractivity contribution is 4.61. The van der Waals surface area contributed by atoms with E-state index in [0.717, 1.165) is 0 Å².